The van der Waals surface area contributed by atoms with Gasteiger partial charge in [-0.2, -0.15) is 0 Å². The minimum absolute atomic E-state index is 0.0145. The van der Waals surface area contributed by atoms with Gasteiger partial charge < -0.3 is 10.8 Å². The molecule has 1 aliphatic carbocycles. The van der Waals surface area contributed by atoms with Crippen LogP contribution in [-0.2, 0) is 0 Å². The monoisotopic (exact) mass is 241 g/mol. The number of nitrogens with two attached hydrogens (primary N) is 1. The van der Waals surface area contributed by atoms with Crippen LogP contribution < -0.4 is 5.73 Å². The Balaban J connectivity index is 2.27. The van der Waals surface area contributed by atoms with E-state index in [2.05, 4.69) is 20.8 Å². The van der Waals surface area contributed by atoms with E-state index in [1.54, 1.807) is 0 Å². The van der Waals surface area contributed by atoms with Crippen molar-refractivity contribution in [2.75, 3.05) is 0 Å². The van der Waals surface area contributed by atoms with Crippen LogP contribution in [0.15, 0.2) is 0 Å². The quantitative estimate of drug-likeness (QED) is 0.749. The molecule has 0 heterocycles. The zero-order valence-electron chi connectivity index (χ0n) is 11.9. The van der Waals surface area contributed by atoms with Crippen molar-refractivity contribution < 1.29 is 5.11 Å². The molecular weight excluding hydrogens is 210 g/mol. The molecule has 102 valence electrons. The van der Waals surface area contributed by atoms with Gasteiger partial charge in [-0.3, -0.25) is 0 Å². The summed E-state index contributed by atoms with van der Waals surface area (Å²) in [6.45, 7) is 6.63. The van der Waals surface area contributed by atoms with Gasteiger partial charge in [0.1, 0.15) is 0 Å². The SMILES string of the molecule is CC(C)[C@@H](C)C[C@H](O)[C@@H](N)CC1CCCCC1. The molecule has 17 heavy (non-hydrogen) atoms. The van der Waals surface area contributed by atoms with Crippen LogP contribution in [0.2, 0.25) is 0 Å². The largest absolute Gasteiger partial charge is 0.392 e. The highest BCUT2D eigenvalue weighted by atomic mass is 16.3. The summed E-state index contributed by atoms with van der Waals surface area (Å²) >= 11 is 0. The van der Waals surface area contributed by atoms with Crippen molar-refractivity contribution in [2.45, 2.75) is 77.9 Å². The van der Waals surface area contributed by atoms with Crippen molar-refractivity contribution in [2.24, 2.45) is 23.5 Å². The third kappa shape index (κ3) is 5.39. The summed E-state index contributed by atoms with van der Waals surface area (Å²) in [5.74, 6) is 1.96. The van der Waals surface area contributed by atoms with Crippen LogP contribution in [0.4, 0.5) is 0 Å². The minimum atomic E-state index is -0.311. The maximum atomic E-state index is 10.1. The van der Waals surface area contributed by atoms with Gasteiger partial charge in [-0.1, -0.05) is 52.9 Å². The molecule has 0 saturated heterocycles. The molecule has 3 atom stereocenters. The van der Waals surface area contributed by atoms with Gasteiger partial charge in [0.05, 0.1) is 6.10 Å². The summed E-state index contributed by atoms with van der Waals surface area (Å²) in [4.78, 5) is 0. The molecule has 0 radical (unpaired) electrons. The molecule has 0 aromatic heterocycles. The number of aliphatic hydroxyl groups excluding tert-OH is 1. The van der Waals surface area contributed by atoms with E-state index in [1.165, 1.54) is 32.1 Å². The van der Waals surface area contributed by atoms with Crippen LogP contribution in [0, 0.1) is 17.8 Å². The summed E-state index contributed by atoms with van der Waals surface area (Å²) in [6, 6.07) is -0.0145. The van der Waals surface area contributed by atoms with Gasteiger partial charge in [0.15, 0.2) is 0 Å². The lowest BCUT2D eigenvalue weighted by molar-refractivity contribution is 0.0950. The van der Waals surface area contributed by atoms with Crippen LogP contribution in [-0.4, -0.2) is 17.3 Å². The van der Waals surface area contributed by atoms with Crippen LogP contribution in [0.3, 0.4) is 0 Å². The van der Waals surface area contributed by atoms with E-state index in [9.17, 15) is 5.11 Å². The second kappa shape index (κ2) is 7.38. The molecule has 0 unspecified atom stereocenters. The standard InChI is InChI=1S/C15H31NO/c1-11(2)12(3)9-15(17)14(16)10-13-7-5-4-6-8-13/h11-15,17H,4-10,16H2,1-3H3/t12-,14-,15-/m0/s1. The molecule has 0 spiro atoms. The molecule has 0 aliphatic heterocycles. The molecule has 1 saturated carbocycles. The Morgan fingerprint density at radius 1 is 1.12 bits per heavy atom. The lowest BCUT2D eigenvalue weighted by Crippen LogP contribution is -2.38. The Morgan fingerprint density at radius 3 is 2.24 bits per heavy atom. The first-order valence-corrected chi connectivity index (χ1v) is 7.44. The molecule has 1 aliphatic rings. The van der Waals surface area contributed by atoms with Crippen LogP contribution in [0.5, 0.6) is 0 Å². The second-order valence-corrected chi connectivity index (χ2v) is 6.43. The smallest absolute Gasteiger partial charge is 0.0693 e. The number of aliphatic hydroxyl groups is 1. The summed E-state index contributed by atoms with van der Waals surface area (Å²) in [6.07, 6.45) is 8.30. The first-order chi connectivity index (χ1) is 8.00. The number of rotatable bonds is 6. The van der Waals surface area contributed by atoms with Crippen molar-refractivity contribution in [3.63, 3.8) is 0 Å². The van der Waals surface area contributed by atoms with Gasteiger partial charge in [0.2, 0.25) is 0 Å². The molecular formula is C15H31NO. The van der Waals surface area contributed by atoms with Crippen LogP contribution in [0.1, 0.15) is 65.7 Å². The Bertz CT molecular complexity index is 199. The van der Waals surface area contributed by atoms with Gasteiger partial charge in [0.25, 0.3) is 0 Å². The maximum Gasteiger partial charge on any atom is 0.0693 e. The Morgan fingerprint density at radius 2 is 1.71 bits per heavy atom. The average molecular weight is 241 g/mol. The fraction of sp³-hybridized carbons (Fsp3) is 1.00. The predicted molar refractivity (Wildman–Crippen MR) is 73.8 cm³/mol. The molecule has 2 nitrogen and oxygen atoms in total. The van der Waals surface area contributed by atoms with Crippen molar-refractivity contribution >= 4 is 0 Å². The lowest BCUT2D eigenvalue weighted by atomic mass is 9.82. The van der Waals surface area contributed by atoms with E-state index in [0.29, 0.717) is 11.8 Å². The molecule has 0 amide bonds. The third-order valence-electron chi connectivity index (χ3n) is 4.58. The summed E-state index contributed by atoms with van der Waals surface area (Å²) < 4.78 is 0. The molecule has 0 bridgehead atoms. The molecule has 1 fully saturated rings. The van der Waals surface area contributed by atoms with Gasteiger partial charge in [-0.05, 0) is 30.6 Å². The van der Waals surface area contributed by atoms with Crippen LogP contribution >= 0.6 is 0 Å². The van der Waals surface area contributed by atoms with E-state index in [4.69, 9.17) is 5.73 Å². The van der Waals surface area contributed by atoms with E-state index in [0.717, 1.165) is 18.8 Å². The van der Waals surface area contributed by atoms with Crippen molar-refractivity contribution in [3.05, 3.63) is 0 Å². The Labute approximate surface area is 107 Å². The molecule has 2 heteroatoms. The van der Waals surface area contributed by atoms with Gasteiger partial charge in [-0.25, -0.2) is 0 Å². The zero-order valence-corrected chi connectivity index (χ0v) is 11.9. The first-order valence-electron chi connectivity index (χ1n) is 7.44. The second-order valence-electron chi connectivity index (χ2n) is 6.43. The normalized spacial score (nSPS) is 23.6. The summed E-state index contributed by atoms with van der Waals surface area (Å²) in [5.41, 5.74) is 6.15. The highest BCUT2D eigenvalue weighted by Crippen LogP contribution is 2.28. The van der Waals surface area contributed by atoms with E-state index < -0.39 is 0 Å². The van der Waals surface area contributed by atoms with Gasteiger partial charge in [0, 0.05) is 6.04 Å². The van der Waals surface area contributed by atoms with Crippen molar-refractivity contribution in [1.29, 1.82) is 0 Å². The molecule has 0 aromatic rings. The van der Waals surface area contributed by atoms with Crippen molar-refractivity contribution in [1.82, 2.24) is 0 Å². The molecule has 0 aromatic carbocycles. The number of hydrogen-bond acceptors (Lipinski definition) is 2. The lowest BCUT2D eigenvalue weighted by Gasteiger charge is -2.29. The molecule has 3 N–H and O–H groups in total. The van der Waals surface area contributed by atoms with Crippen LogP contribution in [0.25, 0.3) is 0 Å². The average Bonchev–Trinajstić information content (AvgIpc) is 2.29. The van der Waals surface area contributed by atoms with E-state index in [-0.39, 0.29) is 12.1 Å². The first kappa shape index (κ1) is 15.0. The predicted octanol–water partition coefficient (Wildman–Crippen LogP) is 3.33. The Kier molecular flexibility index (Phi) is 6.50. The maximum absolute atomic E-state index is 10.1. The fourth-order valence-electron chi connectivity index (χ4n) is 2.79. The zero-order chi connectivity index (χ0) is 12.8. The Hall–Kier alpha value is -0.0800. The molecule has 1 rings (SSSR count). The van der Waals surface area contributed by atoms with Gasteiger partial charge in [-0.15, -0.1) is 0 Å². The van der Waals surface area contributed by atoms with Gasteiger partial charge >= 0.3 is 0 Å². The van der Waals surface area contributed by atoms with E-state index in [1.807, 2.05) is 0 Å². The summed E-state index contributed by atoms with van der Waals surface area (Å²) in [5, 5.41) is 10.1. The minimum Gasteiger partial charge on any atom is -0.392 e. The summed E-state index contributed by atoms with van der Waals surface area (Å²) in [7, 11) is 0. The van der Waals surface area contributed by atoms with E-state index >= 15 is 0 Å². The highest BCUT2D eigenvalue weighted by molar-refractivity contribution is 4.79. The third-order valence-corrected chi connectivity index (χ3v) is 4.58. The number of hydrogen-bond donors (Lipinski definition) is 2. The topological polar surface area (TPSA) is 46.2 Å². The van der Waals surface area contributed by atoms with Crippen molar-refractivity contribution in [3.8, 4) is 0 Å². The highest BCUT2D eigenvalue weighted by Gasteiger charge is 2.23. The fourth-order valence-corrected chi connectivity index (χ4v) is 2.79.